The van der Waals surface area contributed by atoms with Crippen LogP contribution in [-0.2, 0) is 0 Å². The van der Waals surface area contributed by atoms with Crippen molar-refractivity contribution in [3.05, 3.63) is 45.0 Å². The zero-order chi connectivity index (χ0) is 14.7. The molecule has 1 aromatic carbocycles. The van der Waals surface area contributed by atoms with Crippen molar-refractivity contribution in [2.24, 2.45) is 0 Å². The number of hydrogen-bond donors (Lipinski definition) is 2. The van der Waals surface area contributed by atoms with Crippen molar-refractivity contribution in [1.82, 2.24) is 10.2 Å². The van der Waals surface area contributed by atoms with Crippen molar-refractivity contribution >= 4 is 52.2 Å². The number of benzene rings is 1. The Kier molecular flexibility index (Phi) is 4.65. The van der Waals surface area contributed by atoms with Crippen molar-refractivity contribution in [2.45, 2.75) is 0 Å². The molecule has 5 nitrogen and oxygen atoms in total. The highest BCUT2D eigenvalue weighted by molar-refractivity contribution is 6.42. The van der Waals surface area contributed by atoms with Crippen LogP contribution >= 0.6 is 34.8 Å². The van der Waals surface area contributed by atoms with E-state index >= 15 is 0 Å². The Hall–Kier alpha value is -1.56. The van der Waals surface area contributed by atoms with Gasteiger partial charge in [-0.05, 0) is 24.3 Å². The van der Waals surface area contributed by atoms with Crippen LogP contribution < -0.4 is 10.6 Å². The smallest absolute Gasteiger partial charge is 0.276 e. The van der Waals surface area contributed by atoms with E-state index in [1.807, 2.05) is 0 Å². The Bertz CT molecular complexity index is 623. The Morgan fingerprint density at radius 1 is 1.10 bits per heavy atom. The number of amides is 1. The summed E-state index contributed by atoms with van der Waals surface area (Å²) in [4.78, 5) is 12.0. The second-order valence-corrected chi connectivity index (χ2v) is 5.00. The van der Waals surface area contributed by atoms with E-state index in [1.54, 1.807) is 13.1 Å². The summed E-state index contributed by atoms with van der Waals surface area (Å²) < 4.78 is 0. The molecule has 2 N–H and O–H groups in total. The van der Waals surface area contributed by atoms with Crippen LogP contribution in [0, 0.1) is 0 Å². The number of aromatic nitrogens is 2. The lowest BCUT2D eigenvalue weighted by molar-refractivity contribution is 0.102. The van der Waals surface area contributed by atoms with E-state index in [9.17, 15) is 4.79 Å². The van der Waals surface area contributed by atoms with E-state index in [-0.39, 0.29) is 21.4 Å². The summed E-state index contributed by atoms with van der Waals surface area (Å²) in [5.41, 5.74) is 0.424. The van der Waals surface area contributed by atoms with Gasteiger partial charge in [0, 0.05) is 12.1 Å². The van der Waals surface area contributed by atoms with Gasteiger partial charge in [0.1, 0.15) is 5.82 Å². The molecular formula is C12H9Cl3N4O. The minimum Gasteiger partial charge on any atom is -0.372 e. The lowest BCUT2D eigenvalue weighted by Crippen LogP contribution is -2.15. The SMILES string of the molecule is CNc1ccc(C(=O)Nc2c(Cl)cc(Cl)cc2Cl)nn1. The lowest BCUT2D eigenvalue weighted by Gasteiger charge is -2.09. The van der Waals surface area contributed by atoms with Crippen molar-refractivity contribution in [3.63, 3.8) is 0 Å². The number of nitrogens with one attached hydrogen (secondary N) is 2. The van der Waals surface area contributed by atoms with Gasteiger partial charge in [-0.3, -0.25) is 4.79 Å². The second-order valence-electron chi connectivity index (χ2n) is 3.75. The first kappa shape index (κ1) is 14.8. The predicted molar refractivity (Wildman–Crippen MR) is 81.0 cm³/mol. The predicted octanol–water partition coefficient (Wildman–Crippen LogP) is 3.73. The molecule has 0 saturated carbocycles. The molecule has 0 aliphatic heterocycles. The van der Waals surface area contributed by atoms with Gasteiger partial charge in [0.15, 0.2) is 5.69 Å². The monoisotopic (exact) mass is 330 g/mol. The Labute approximate surface area is 130 Å². The van der Waals surface area contributed by atoms with Crippen LogP contribution in [0.15, 0.2) is 24.3 Å². The molecule has 104 valence electrons. The van der Waals surface area contributed by atoms with Gasteiger partial charge in [-0.1, -0.05) is 34.8 Å². The Balaban J connectivity index is 2.23. The molecule has 0 unspecified atom stereocenters. The van der Waals surface area contributed by atoms with Gasteiger partial charge >= 0.3 is 0 Å². The largest absolute Gasteiger partial charge is 0.372 e. The number of halogens is 3. The van der Waals surface area contributed by atoms with E-state index in [4.69, 9.17) is 34.8 Å². The molecule has 0 spiro atoms. The molecule has 0 saturated heterocycles. The molecule has 0 aliphatic carbocycles. The number of carbonyl (C=O) groups is 1. The van der Waals surface area contributed by atoms with E-state index in [0.29, 0.717) is 10.8 Å². The van der Waals surface area contributed by atoms with Crippen LogP contribution in [0.2, 0.25) is 15.1 Å². The molecule has 8 heteroatoms. The summed E-state index contributed by atoms with van der Waals surface area (Å²) in [6, 6.07) is 6.14. The standard InChI is InChI=1S/C12H9Cl3N4O/c1-16-10-3-2-9(18-19-10)12(20)17-11-7(14)4-6(13)5-8(11)15/h2-5H,1H3,(H,16,19)(H,17,20). The Morgan fingerprint density at radius 3 is 2.25 bits per heavy atom. The quantitative estimate of drug-likeness (QED) is 0.899. The molecule has 0 radical (unpaired) electrons. The zero-order valence-corrected chi connectivity index (χ0v) is 12.5. The average Bonchev–Trinajstić information content (AvgIpc) is 2.42. The minimum absolute atomic E-state index is 0.145. The van der Waals surface area contributed by atoms with Gasteiger partial charge in [0.05, 0.1) is 15.7 Å². The summed E-state index contributed by atoms with van der Waals surface area (Å²) in [5.74, 6) is 0.0929. The van der Waals surface area contributed by atoms with Crippen LogP contribution in [0.3, 0.4) is 0 Å². The molecular weight excluding hydrogens is 323 g/mol. The van der Waals surface area contributed by atoms with Crippen molar-refractivity contribution < 1.29 is 4.79 Å². The van der Waals surface area contributed by atoms with Gasteiger partial charge < -0.3 is 10.6 Å². The van der Waals surface area contributed by atoms with Crippen molar-refractivity contribution in [1.29, 1.82) is 0 Å². The third kappa shape index (κ3) is 3.30. The zero-order valence-electron chi connectivity index (χ0n) is 10.2. The van der Waals surface area contributed by atoms with Gasteiger partial charge in [0.2, 0.25) is 0 Å². The summed E-state index contributed by atoms with van der Waals surface area (Å²) in [7, 11) is 1.71. The molecule has 0 bridgehead atoms. The minimum atomic E-state index is -0.466. The fourth-order valence-electron chi connectivity index (χ4n) is 1.43. The van der Waals surface area contributed by atoms with Crippen LogP contribution in [0.5, 0.6) is 0 Å². The first-order chi connectivity index (χ1) is 9.51. The second kappa shape index (κ2) is 6.26. The Morgan fingerprint density at radius 2 is 1.75 bits per heavy atom. The van der Waals surface area contributed by atoms with E-state index in [0.717, 1.165) is 0 Å². The maximum Gasteiger partial charge on any atom is 0.276 e. The highest BCUT2D eigenvalue weighted by atomic mass is 35.5. The third-order valence-corrected chi connectivity index (χ3v) is 3.21. The number of rotatable bonds is 3. The van der Waals surface area contributed by atoms with Crippen LogP contribution in [-0.4, -0.2) is 23.2 Å². The topological polar surface area (TPSA) is 66.9 Å². The molecule has 2 rings (SSSR count). The molecule has 1 aromatic heterocycles. The maximum atomic E-state index is 12.0. The third-order valence-electron chi connectivity index (χ3n) is 2.40. The van der Waals surface area contributed by atoms with E-state index in [2.05, 4.69) is 20.8 Å². The molecule has 1 heterocycles. The average molecular weight is 332 g/mol. The number of carbonyl (C=O) groups excluding carboxylic acids is 1. The molecule has 2 aromatic rings. The van der Waals surface area contributed by atoms with E-state index in [1.165, 1.54) is 18.2 Å². The summed E-state index contributed by atoms with van der Waals surface area (Å²) in [5, 5.41) is 13.9. The summed E-state index contributed by atoms with van der Waals surface area (Å²) in [6.07, 6.45) is 0. The van der Waals surface area contributed by atoms with Gasteiger partial charge in [0.25, 0.3) is 5.91 Å². The van der Waals surface area contributed by atoms with E-state index < -0.39 is 5.91 Å². The van der Waals surface area contributed by atoms with Crippen LogP contribution in [0.1, 0.15) is 10.5 Å². The highest BCUT2D eigenvalue weighted by Gasteiger charge is 2.14. The molecule has 1 amide bonds. The number of nitrogens with zero attached hydrogens (tertiary/aromatic N) is 2. The molecule has 0 fully saturated rings. The highest BCUT2D eigenvalue weighted by Crippen LogP contribution is 2.33. The fourth-order valence-corrected chi connectivity index (χ4v) is 2.34. The van der Waals surface area contributed by atoms with Gasteiger partial charge in [-0.2, -0.15) is 0 Å². The van der Waals surface area contributed by atoms with Crippen LogP contribution in [0.4, 0.5) is 11.5 Å². The molecule has 0 atom stereocenters. The first-order valence-corrected chi connectivity index (χ1v) is 6.62. The lowest BCUT2D eigenvalue weighted by atomic mass is 10.3. The van der Waals surface area contributed by atoms with Crippen molar-refractivity contribution in [2.75, 3.05) is 17.7 Å². The van der Waals surface area contributed by atoms with Gasteiger partial charge in [-0.15, -0.1) is 10.2 Å². The maximum absolute atomic E-state index is 12.0. The van der Waals surface area contributed by atoms with Gasteiger partial charge in [-0.25, -0.2) is 0 Å². The fraction of sp³-hybridized carbons (Fsp3) is 0.0833. The summed E-state index contributed by atoms with van der Waals surface area (Å²) in [6.45, 7) is 0. The van der Waals surface area contributed by atoms with Crippen molar-refractivity contribution in [3.8, 4) is 0 Å². The normalized spacial score (nSPS) is 10.2. The number of hydrogen-bond acceptors (Lipinski definition) is 4. The molecule has 20 heavy (non-hydrogen) atoms. The summed E-state index contributed by atoms with van der Waals surface area (Å²) >= 11 is 17.8. The first-order valence-electron chi connectivity index (χ1n) is 5.48. The van der Waals surface area contributed by atoms with Crippen LogP contribution in [0.25, 0.3) is 0 Å². The molecule has 0 aliphatic rings. The number of anilines is 2.